The molecule has 0 bridgehead atoms. The third-order valence-electron chi connectivity index (χ3n) is 5.55. The second kappa shape index (κ2) is 9.84. The van der Waals surface area contributed by atoms with Gasteiger partial charge in [-0.2, -0.15) is 0 Å². The van der Waals surface area contributed by atoms with Gasteiger partial charge in [0.15, 0.2) is 6.61 Å². The summed E-state index contributed by atoms with van der Waals surface area (Å²) >= 11 is 6.24. The second-order valence-electron chi connectivity index (χ2n) is 7.82. The van der Waals surface area contributed by atoms with E-state index < -0.39 is 0 Å². The summed E-state index contributed by atoms with van der Waals surface area (Å²) < 4.78 is 5.74. The Labute approximate surface area is 186 Å². The molecule has 5 nitrogen and oxygen atoms in total. The zero-order chi connectivity index (χ0) is 21.6. The molecule has 6 heteroatoms. The molecular formula is C25H25ClN2O3. The van der Waals surface area contributed by atoms with Crippen molar-refractivity contribution in [2.45, 2.75) is 38.1 Å². The zero-order valence-electron chi connectivity index (χ0n) is 17.2. The van der Waals surface area contributed by atoms with Gasteiger partial charge in [0.2, 0.25) is 0 Å². The predicted octanol–water partition coefficient (Wildman–Crippen LogP) is 5.57. The standard InChI is InChI=1S/C25H25ClN2O3/c26-21-14-13-18(25(30)27-19-9-2-1-3-10-19)15-22(21)28-24(29)16-31-23-12-6-8-17-7-4-5-11-20(17)23/h4-8,11-15,19H,1-3,9-10,16H2,(H,27,30)(H,28,29). The number of amides is 2. The van der Waals surface area contributed by atoms with E-state index in [1.54, 1.807) is 18.2 Å². The molecule has 1 saturated carbocycles. The van der Waals surface area contributed by atoms with Gasteiger partial charge in [0.25, 0.3) is 11.8 Å². The van der Waals surface area contributed by atoms with Crippen molar-refractivity contribution in [2.24, 2.45) is 0 Å². The van der Waals surface area contributed by atoms with Crippen LogP contribution in [0.25, 0.3) is 10.8 Å². The van der Waals surface area contributed by atoms with Crippen molar-refractivity contribution in [2.75, 3.05) is 11.9 Å². The van der Waals surface area contributed by atoms with Crippen LogP contribution in [0.1, 0.15) is 42.5 Å². The van der Waals surface area contributed by atoms with Crippen LogP contribution in [0.15, 0.2) is 60.7 Å². The van der Waals surface area contributed by atoms with Crippen LogP contribution >= 0.6 is 11.6 Å². The van der Waals surface area contributed by atoms with Gasteiger partial charge in [-0.15, -0.1) is 0 Å². The number of nitrogens with one attached hydrogen (secondary N) is 2. The molecule has 31 heavy (non-hydrogen) atoms. The Hall–Kier alpha value is -3.05. The molecule has 0 heterocycles. The Balaban J connectivity index is 1.39. The van der Waals surface area contributed by atoms with Crippen molar-refractivity contribution >= 4 is 39.9 Å². The molecule has 3 aromatic rings. The van der Waals surface area contributed by atoms with E-state index in [-0.39, 0.29) is 24.5 Å². The highest BCUT2D eigenvalue weighted by molar-refractivity contribution is 6.33. The Bertz CT molecular complexity index is 1090. The molecule has 160 valence electrons. The van der Waals surface area contributed by atoms with E-state index in [0.29, 0.717) is 22.0 Å². The number of carbonyl (C=O) groups excluding carboxylic acids is 2. The first-order valence-electron chi connectivity index (χ1n) is 10.6. The van der Waals surface area contributed by atoms with E-state index in [1.165, 1.54) is 6.42 Å². The number of hydrogen-bond donors (Lipinski definition) is 2. The number of hydrogen-bond acceptors (Lipinski definition) is 3. The van der Waals surface area contributed by atoms with E-state index >= 15 is 0 Å². The highest BCUT2D eigenvalue weighted by atomic mass is 35.5. The molecular weight excluding hydrogens is 412 g/mol. The molecule has 0 saturated heterocycles. The molecule has 0 radical (unpaired) electrons. The van der Waals surface area contributed by atoms with Crippen LogP contribution < -0.4 is 15.4 Å². The van der Waals surface area contributed by atoms with Gasteiger partial charge >= 0.3 is 0 Å². The minimum absolute atomic E-state index is 0.147. The lowest BCUT2D eigenvalue weighted by atomic mass is 9.95. The SMILES string of the molecule is O=C(COc1cccc2ccccc12)Nc1cc(C(=O)NC2CCCCC2)ccc1Cl. The van der Waals surface area contributed by atoms with Crippen molar-refractivity contribution in [3.63, 3.8) is 0 Å². The topological polar surface area (TPSA) is 67.4 Å². The molecule has 2 N–H and O–H groups in total. The fourth-order valence-electron chi connectivity index (χ4n) is 3.93. The van der Waals surface area contributed by atoms with E-state index in [2.05, 4.69) is 10.6 Å². The first-order chi connectivity index (χ1) is 15.1. The van der Waals surface area contributed by atoms with E-state index in [9.17, 15) is 9.59 Å². The molecule has 0 unspecified atom stereocenters. The van der Waals surface area contributed by atoms with Gasteiger partial charge in [-0.1, -0.05) is 67.3 Å². The monoisotopic (exact) mass is 436 g/mol. The van der Waals surface area contributed by atoms with Gasteiger partial charge in [0.05, 0.1) is 10.7 Å². The van der Waals surface area contributed by atoms with Crippen LogP contribution in [0, 0.1) is 0 Å². The van der Waals surface area contributed by atoms with Gasteiger partial charge in [0, 0.05) is 17.0 Å². The van der Waals surface area contributed by atoms with Crippen LogP contribution in [0.2, 0.25) is 5.02 Å². The smallest absolute Gasteiger partial charge is 0.262 e. The van der Waals surface area contributed by atoms with E-state index in [4.69, 9.17) is 16.3 Å². The van der Waals surface area contributed by atoms with Crippen molar-refractivity contribution in [3.8, 4) is 5.75 Å². The van der Waals surface area contributed by atoms with E-state index in [0.717, 1.165) is 36.5 Å². The number of ether oxygens (including phenoxy) is 1. The van der Waals surface area contributed by atoms with Crippen LogP contribution in [0.5, 0.6) is 5.75 Å². The molecule has 4 rings (SSSR count). The van der Waals surface area contributed by atoms with Crippen LogP contribution in [0.4, 0.5) is 5.69 Å². The van der Waals surface area contributed by atoms with Gasteiger partial charge < -0.3 is 15.4 Å². The highest BCUT2D eigenvalue weighted by Crippen LogP contribution is 2.26. The fraction of sp³-hybridized carbons (Fsp3) is 0.280. The normalized spacial score (nSPS) is 14.2. The molecule has 1 fully saturated rings. The number of rotatable bonds is 6. The van der Waals surface area contributed by atoms with Crippen LogP contribution in [0.3, 0.4) is 0 Å². The molecule has 0 aromatic heterocycles. The maximum Gasteiger partial charge on any atom is 0.262 e. The lowest BCUT2D eigenvalue weighted by molar-refractivity contribution is -0.118. The third-order valence-corrected chi connectivity index (χ3v) is 5.88. The Morgan fingerprint density at radius 2 is 1.74 bits per heavy atom. The average Bonchev–Trinajstić information content (AvgIpc) is 2.79. The first-order valence-corrected chi connectivity index (χ1v) is 11.0. The largest absolute Gasteiger partial charge is 0.483 e. The Morgan fingerprint density at radius 1 is 0.968 bits per heavy atom. The van der Waals surface area contributed by atoms with Gasteiger partial charge in [-0.25, -0.2) is 0 Å². The summed E-state index contributed by atoms with van der Waals surface area (Å²) in [5, 5.41) is 8.18. The minimum Gasteiger partial charge on any atom is -0.483 e. The molecule has 3 aromatic carbocycles. The van der Waals surface area contributed by atoms with Crippen molar-refractivity contribution in [1.82, 2.24) is 5.32 Å². The fourth-order valence-corrected chi connectivity index (χ4v) is 4.09. The van der Waals surface area contributed by atoms with E-state index in [1.807, 2.05) is 42.5 Å². The van der Waals surface area contributed by atoms with Crippen molar-refractivity contribution in [1.29, 1.82) is 0 Å². The second-order valence-corrected chi connectivity index (χ2v) is 8.22. The molecule has 2 amide bonds. The molecule has 1 aliphatic carbocycles. The molecule has 0 spiro atoms. The van der Waals surface area contributed by atoms with Gasteiger partial charge in [0.1, 0.15) is 5.75 Å². The summed E-state index contributed by atoms with van der Waals surface area (Å²) in [6, 6.07) is 18.7. The van der Waals surface area contributed by atoms with Crippen molar-refractivity contribution < 1.29 is 14.3 Å². The zero-order valence-corrected chi connectivity index (χ0v) is 18.0. The third kappa shape index (κ3) is 5.36. The summed E-state index contributed by atoms with van der Waals surface area (Å²) in [6.07, 6.45) is 5.53. The highest BCUT2D eigenvalue weighted by Gasteiger charge is 2.18. The summed E-state index contributed by atoms with van der Waals surface area (Å²) in [5.74, 6) is 0.144. The maximum absolute atomic E-state index is 12.6. The summed E-state index contributed by atoms with van der Waals surface area (Å²) in [6.45, 7) is -0.164. The van der Waals surface area contributed by atoms with Gasteiger partial charge in [-0.3, -0.25) is 9.59 Å². The number of halogens is 1. The molecule has 0 aliphatic heterocycles. The maximum atomic E-state index is 12.6. The summed E-state index contributed by atoms with van der Waals surface area (Å²) in [7, 11) is 0. The predicted molar refractivity (Wildman–Crippen MR) is 124 cm³/mol. The number of carbonyl (C=O) groups is 2. The first kappa shape index (κ1) is 21.2. The van der Waals surface area contributed by atoms with Gasteiger partial charge in [-0.05, 0) is 42.5 Å². The number of anilines is 1. The van der Waals surface area contributed by atoms with Crippen LogP contribution in [-0.4, -0.2) is 24.5 Å². The number of fused-ring (bicyclic) bond motifs is 1. The minimum atomic E-state index is -0.348. The van der Waals surface area contributed by atoms with Crippen molar-refractivity contribution in [3.05, 3.63) is 71.2 Å². The molecule has 1 aliphatic rings. The number of benzene rings is 3. The Kier molecular flexibility index (Phi) is 6.73. The Morgan fingerprint density at radius 3 is 2.58 bits per heavy atom. The quantitative estimate of drug-likeness (QED) is 0.530. The summed E-state index contributed by atoms with van der Waals surface area (Å²) in [4.78, 5) is 25.1. The lowest BCUT2D eigenvalue weighted by Gasteiger charge is -2.23. The lowest BCUT2D eigenvalue weighted by Crippen LogP contribution is -2.36. The molecule has 0 atom stereocenters. The average molecular weight is 437 g/mol. The summed E-state index contributed by atoms with van der Waals surface area (Å²) in [5.41, 5.74) is 0.865. The van der Waals surface area contributed by atoms with Crippen LogP contribution in [-0.2, 0) is 4.79 Å².